The van der Waals surface area contributed by atoms with Gasteiger partial charge in [0.25, 0.3) is 5.91 Å². The molecule has 130 valence electrons. The average Bonchev–Trinajstić information content (AvgIpc) is 3.13. The first-order chi connectivity index (χ1) is 11.3. The molecule has 1 aliphatic rings. The van der Waals surface area contributed by atoms with Gasteiger partial charge in [-0.2, -0.15) is 23.4 Å². The van der Waals surface area contributed by atoms with E-state index in [0.717, 1.165) is 0 Å². The molecule has 3 rings (SSSR count). The van der Waals surface area contributed by atoms with E-state index in [2.05, 4.69) is 15.3 Å². The summed E-state index contributed by atoms with van der Waals surface area (Å²) < 4.78 is 45.8. The highest BCUT2D eigenvalue weighted by atomic mass is 19.4. The third-order valence-corrected chi connectivity index (χ3v) is 4.00. The first kappa shape index (κ1) is 16.5. The summed E-state index contributed by atoms with van der Waals surface area (Å²) in [5.41, 5.74) is 0.0224. The number of carbonyl (C=O) groups excluding carboxylic acids is 1. The topological polar surface area (TPSA) is 76.0 Å². The minimum absolute atomic E-state index is 0.0168. The number of hydrogen-bond acceptors (Lipinski definition) is 4. The van der Waals surface area contributed by atoms with Gasteiger partial charge in [-0.15, -0.1) is 0 Å². The molecule has 7 nitrogen and oxygen atoms in total. The van der Waals surface area contributed by atoms with E-state index in [1.165, 1.54) is 22.9 Å². The summed E-state index contributed by atoms with van der Waals surface area (Å²) in [4.78, 5) is 14.0. The van der Waals surface area contributed by atoms with Gasteiger partial charge < -0.3 is 9.64 Å². The van der Waals surface area contributed by atoms with Crippen molar-refractivity contribution in [3.05, 3.63) is 34.9 Å². The van der Waals surface area contributed by atoms with E-state index in [0.29, 0.717) is 17.8 Å². The maximum absolute atomic E-state index is 13.0. The van der Waals surface area contributed by atoms with E-state index in [9.17, 15) is 18.0 Å². The normalized spacial score (nSPS) is 16.1. The first-order valence-corrected chi connectivity index (χ1v) is 7.24. The monoisotopic (exact) mass is 343 g/mol. The lowest BCUT2D eigenvalue weighted by molar-refractivity contribution is -0.146. The van der Waals surface area contributed by atoms with E-state index >= 15 is 0 Å². The van der Waals surface area contributed by atoms with Crippen LogP contribution in [0.3, 0.4) is 0 Å². The van der Waals surface area contributed by atoms with Crippen molar-refractivity contribution in [1.29, 1.82) is 0 Å². The van der Waals surface area contributed by atoms with Crippen molar-refractivity contribution in [3.63, 3.8) is 0 Å². The quantitative estimate of drug-likeness (QED) is 0.915. The summed E-state index contributed by atoms with van der Waals surface area (Å²) in [6.45, 7) is 0.144. The Bertz CT molecular complexity index is 752. The molecule has 0 aromatic carbocycles. The summed E-state index contributed by atoms with van der Waals surface area (Å²) in [7, 11) is 3.08. The number of fused-ring (bicyclic) bond motifs is 1. The molecule has 10 heteroatoms. The standard InChI is InChI=1S/C14H16F3N5O2/c1-21-6-8(5-18-21)11(24-2)13(23)22-4-3-10-9(7-22)12(20-19-10)14(15,16)17/h5-6,11H,3-4,7H2,1-2H3,(H,19,20). The highest BCUT2D eigenvalue weighted by Gasteiger charge is 2.40. The van der Waals surface area contributed by atoms with Crippen LogP contribution in [0.5, 0.6) is 0 Å². The predicted molar refractivity (Wildman–Crippen MR) is 75.7 cm³/mol. The van der Waals surface area contributed by atoms with Gasteiger partial charge in [0.15, 0.2) is 11.8 Å². The minimum Gasteiger partial charge on any atom is -0.367 e. The molecule has 1 aliphatic heterocycles. The fraction of sp³-hybridized carbons (Fsp3) is 0.500. The summed E-state index contributed by atoms with van der Waals surface area (Å²) in [6.07, 6.45) is -2.03. The van der Waals surface area contributed by atoms with Gasteiger partial charge >= 0.3 is 6.18 Å². The Balaban J connectivity index is 1.84. The van der Waals surface area contributed by atoms with Crippen molar-refractivity contribution in [1.82, 2.24) is 24.9 Å². The second kappa shape index (κ2) is 5.93. The van der Waals surface area contributed by atoms with Crippen LogP contribution in [-0.2, 0) is 35.7 Å². The van der Waals surface area contributed by atoms with Gasteiger partial charge in [-0.1, -0.05) is 0 Å². The fourth-order valence-electron chi connectivity index (χ4n) is 2.84. The van der Waals surface area contributed by atoms with Crippen LogP contribution in [0.1, 0.15) is 28.6 Å². The molecular formula is C14H16F3N5O2. The Morgan fingerprint density at radius 3 is 2.79 bits per heavy atom. The van der Waals surface area contributed by atoms with Crippen molar-refractivity contribution in [2.45, 2.75) is 25.2 Å². The van der Waals surface area contributed by atoms with Gasteiger partial charge in [0.2, 0.25) is 0 Å². The van der Waals surface area contributed by atoms with Crippen molar-refractivity contribution in [2.24, 2.45) is 7.05 Å². The number of halogens is 3. The number of H-pyrrole nitrogens is 1. The van der Waals surface area contributed by atoms with Crippen LogP contribution < -0.4 is 0 Å². The molecule has 24 heavy (non-hydrogen) atoms. The van der Waals surface area contributed by atoms with E-state index in [-0.39, 0.29) is 18.5 Å². The molecule has 1 unspecified atom stereocenters. The minimum atomic E-state index is -4.56. The predicted octanol–water partition coefficient (Wildman–Crippen LogP) is 1.43. The zero-order chi connectivity index (χ0) is 17.5. The Hall–Kier alpha value is -2.36. The number of ether oxygens (including phenoxy) is 1. The van der Waals surface area contributed by atoms with Crippen LogP contribution in [0.15, 0.2) is 12.4 Å². The lowest BCUT2D eigenvalue weighted by Gasteiger charge is -2.30. The number of amides is 1. The number of nitrogens with one attached hydrogen (secondary N) is 1. The molecule has 0 aliphatic carbocycles. The smallest absolute Gasteiger partial charge is 0.367 e. The van der Waals surface area contributed by atoms with Crippen LogP contribution in [-0.4, -0.2) is 44.4 Å². The van der Waals surface area contributed by atoms with Crippen molar-refractivity contribution in [3.8, 4) is 0 Å². The number of nitrogens with zero attached hydrogens (tertiary/aromatic N) is 4. The number of carbonyl (C=O) groups is 1. The first-order valence-electron chi connectivity index (χ1n) is 7.24. The molecule has 0 fully saturated rings. The molecule has 0 saturated heterocycles. The number of aryl methyl sites for hydroxylation is 1. The van der Waals surface area contributed by atoms with Crippen LogP contribution in [0, 0.1) is 0 Å². The second-order valence-corrected chi connectivity index (χ2v) is 5.60. The van der Waals surface area contributed by atoms with E-state index in [4.69, 9.17) is 4.74 Å². The third kappa shape index (κ3) is 2.88. The Morgan fingerprint density at radius 1 is 1.46 bits per heavy atom. The zero-order valence-corrected chi connectivity index (χ0v) is 13.1. The summed E-state index contributed by atoms with van der Waals surface area (Å²) in [6, 6.07) is 0. The lowest BCUT2D eigenvalue weighted by atomic mass is 10.0. The van der Waals surface area contributed by atoms with Gasteiger partial charge in [0, 0.05) is 56.7 Å². The summed E-state index contributed by atoms with van der Waals surface area (Å²) in [5, 5.41) is 9.76. The second-order valence-electron chi connectivity index (χ2n) is 5.60. The van der Waals surface area contributed by atoms with Gasteiger partial charge in [-0.25, -0.2) is 0 Å². The maximum Gasteiger partial charge on any atom is 0.435 e. The lowest BCUT2D eigenvalue weighted by Crippen LogP contribution is -2.39. The number of hydrogen-bond donors (Lipinski definition) is 1. The van der Waals surface area contributed by atoms with Gasteiger partial charge in [0.05, 0.1) is 6.20 Å². The highest BCUT2D eigenvalue weighted by molar-refractivity contribution is 5.82. The Kier molecular flexibility index (Phi) is 4.08. The van der Waals surface area contributed by atoms with Crippen molar-refractivity contribution >= 4 is 5.91 Å². The number of rotatable bonds is 3. The molecule has 0 radical (unpaired) electrons. The molecule has 0 saturated carbocycles. The molecule has 0 spiro atoms. The molecule has 2 aromatic rings. The maximum atomic E-state index is 13.0. The number of alkyl halides is 3. The molecule has 3 heterocycles. The van der Waals surface area contributed by atoms with E-state index in [1.807, 2.05) is 0 Å². The molecule has 1 N–H and O–H groups in total. The third-order valence-electron chi connectivity index (χ3n) is 4.00. The zero-order valence-electron chi connectivity index (χ0n) is 13.1. The summed E-state index contributed by atoms with van der Waals surface area (Å²) >= 11 is 0. The molecular weight excluding hydrogens is 327 g/mol. The van der Waals surface area contributed by atoms with Gasteiger partial charge in [-0.3, -0.25) is 14.6 Å². The van der Waals surface area contributed by atoms with Crippen LogP contribution in [0.2, 0.25) is 0 Å². The van der Waals surface area contributed by atoms with Crippen LogP contribution >= 0.6 is 0 Å². The fourth-order valence-corrected chi connectivity index (χ4v) is 2.84. The number of methoxy groups -OCH3 is 1. The van der Waals surface area contributed by atoms with E-state index in [1.54, 1.807) is 13.2 Å². The Morgan fingerprint density at radius 2 is 2.21 bits per heavy atom. The van der Waals surface area contributed by atoms with Gasteiger partial charge in [-0.05, 0) is 0 Å². The number of aromatic nitrogens is 4. The summed E-state index contributed by atoms with van der Waals surface area (Å²) in [5.74, 6) is -0.398. The van der Waals surface area contributed by atoms with Crippen LogP contribution in [0.25, 0.3) is 0 Å². The number of aromatic amines is 1. The molecule has 1 amide bonds. The highest BCUT2D eigenvalue weighted by Crippen LogP contribution is 2.34. The molecule has 1 atom stereocenters. The average molecular weight is 343 g/mol. The van der Waals surface area contributed by atoms with E-state index < -0.39 is 23.9 Å². The largest absolute Gasteiger partial charge is 0.435 e. The SMILES string of the molecule is COC(C(=O)N1CCc2[nH]nc(C(F)(F)F)c2C1)c1cnn(C)c1. The molecule has 2 aromatic heterocycles. The molecule has 0 bridgehead atoms. The van der Waals surface area contributed by atoms with Crippen molar-refractivity contribution < 1.29 is 22.7 Å². The Labute approximate surface area is 135 Å². The van der Waals surface area contributed by atoms with Crippen molar-refractivity contribution in [2.75, 3.05) is 13.7 Å². The van der Waals surface area contributed by atoms with Gasteiger partial charge in [0.1, 0.15) is 0 Å². The van der Waals surface area contributed by atoms with Crippen LogP contribution in [0.4, 0.5) is 13.2 Å².